The van der Waals surface area contributed by atoms with Crippen molar-refractivity contribution in [3.63, 3.8) is 0 Å². The Kier molecular flexibility index (Phi) is 4.82. The van der Waals surface area contributed by atoms with Crippen LogP contribution in [0.2, 0.25) is 0 Å². The quantitative estimate of drug-likeness (QED) is 0.777. The number of carbonyl (C=O) groups is 1. The number of benzene rings is 1. The van der Waals surface area contributed by atoms with Crippen molar-refractivity contribution in [1.29, 1.82) is 0 Å². The Morgan fingerprint density at radius 3 is 2.53 bits per heavy atom. The zero-order valence-electron chi connectivity index (χ0n) is 9.00. The zero-order valence-corrected chi connectivity index (χ0v) is 10.6. The molecule has 2 nitrogen and oxygen atoms in total. The third-order valence-corrected chi connectivity index (χ3v) is 2.63. The molecule has 0 N–H and O–H groups in total. The van der Waals surface area contributed by atoms with E-state index in [0.717, 1.165) is 16.5 Å². The molecule has 0 radical (unpaired) electrons. The SMILES string of the molecule is CCCC(=O)O[C@H](C)c1ccc(Br)cc1. The molecule has 0 spiro atoms. The van der Waals surface area contributed by atoms with E-state index < -0.39 is 0 Å². The van der Waals surface area contributed by atoms with Crippen molar-refractivity contribution in [2.24, 2.45) is 0 Å². The lowest BCUT2D eigenvalue weighted by molar-refractivity contribution is -0.148. The minimum Gasteiger partial charge on any atom is -0.458 e. The van der Waals surface area contributed by atoms with Crippen molar-refractivity contribution in [1.82, 2.24) is 0 Å². The first-order chi connectivity index (χ1) is 7.13. The van der Waals surface area contributed by atoms with Gasteiger partial charge in [-0.3, -0.25) is 4.79 Å². The fraction of sp³-hybridized carbons (Fsp3) is 0.417. The highest BCUT2D eigenvalue weighted by Gasteiger charge is 2.10. The molecule has 1 atom stereocenters. The summed E-state index contributed by atoms with van der Waals surface area (Å²) < 4.78 is 6.29. The molecule has 1 rings (SSSR count). The number of rotatable bonds is 4. The molecule has 0 heterocycles. The van der Waals surface area contributed by atoms with Crippen LogP contribution in [0.15, 0.2) is 28.7 Å². The van der Waals surface area contributed by atoms with Crippen LogP contribution >= 0.6 is 15.9 Å². The van der Waals surface area contributed by atoms with E-state index in [1.165, 1.54) is 0 Å². The maximum absolute atomic E-state index is 11.3. The highest BCUT2D eigenvalue weighted by molar-refractivity contribution is 9.10. The summed E-state index contributed by atoms with van der Waals surface area (Å²) in [6, 6.07) is 7.79. The molecular formula is C12H15BrO2. The number of halogens is 1. The molecule has 0 aliphatic rings. The summed E-state index contributed by atoms with van der Waals surface area (Å²) >= 11 is 3.36. The number of hydrogen-bond donors (Lipinski definition) is 0. The summed E-state index contributed by atoms with van der Waals surface area (Å²) in [7, 11) is 0. The molecule has 0 saturated carbocycles. The fourth-order valence-electron chi connectivity index (χ4n) is 1.26. The van der Waals surface area contributed by atoms with Gasteiger partial charge in [-0.05, 0) is 31.0 Å². The fourth-order valence-corrected chi connectivity index (χ4v) is 1.53. The average molecular weight is 271 g/mol. The maximum atomic E-state index is 11.3. The second kappa shape index (κ2) is 5.91. The van der Waals surface area contributed by atoms with E-state index in [0.29, 0.717) is 6.42 Å². The van der Waals surface area contributed by atoms with Gasteiger partial charge in [0.1, 0.15) is 6.10 Å². The summed E-state index contributed by atoms with van der Waals surface area (Å²) in [6.45, 7) is 3.85. The van der Waals surface area contributed by atoms with Crippen LogP contribution in [-0.2, 0) is 9.53 Å². The molecule has 0 amide bonds. The van der Waals surface area contributed by atoms with Gasteiger partial charge >= 0.3 is 5.97 Å². The third-order valence-electron chi connectivity index (χ3n) is 2.10. The summed E-state index contributed by atoms with van der Waals surface area (Å²) in [4.78, 5) is 11.3. The molecular weight excluding hydrogens is 256 g/mol. The van der Waals surface area contributed by atoms with Crippen LogP contribution in [0.1, 0.15) is 38.4 Å². The van der Waals surface area contributed by atoms with Crippen LogP contribution in [0, 0.1) is 0 Å². The number of hydrogen-bond acceptors (Lipinski definition) is 2. The molecule has 0 bridgehead atoms. The minimum absolute atomic E-state index is 0.132. The lowest BCUT2D eigenvalue weighted by Crippen LogP contribution is -2.08. The summed E-state index contributed by atoms with van der Waals surface area (Å²) in [5.74, 6) is -0.132. The molecule has 1 aromatic rings. The van der Waals surface area contributed by atoms with Crippen LogP contribution in [-0.4, -0.2) is 5.97 Å². The first-order valence-electron chi connectivity index (χ1n) is 5.08. The Bertz CT molecular complexity index is 319. The van der Waals surface area contributed by atoms with Crippen LogP contribution in [0.3, 0.4) is 0 Å². The van der Waals surface area contributed by atoms with Crippen molar-refractivity contribution in [3.8, 4) is 0 Å². The Balaban J connectivity index is 2.57. The molecule has 0 fully saturated rings. The zero-order chi connectivity index (χ0) is 11.3. The largest absolute Gasteiger partial charge is 0.458 e. The standard InChI is InChI=1S/C12H15BrO2/c1-3-4-12(14)15-9(2)10-5-7-11(13)8-6-10/h5-9H,3-4H2,1-2H3/t9-/m1/s1. The molecule has 0 aliphatic heterocycles. The number of esters is 1. The second-order valence-electron chi connectivity index (χ2n) is 3.43. The number of ether oxygens (including phenoxy) is 1. The van der Waals surface area contributed by atoms with Crippen molar-refractivity contribution in [2.45, 2.75) is 32.8 Å². The molecule has 82 valence electrons. The van der Waals surface area contributed by atoms with Crippen LogP contribution in [0.4, 0.5) is 0 Å². The van der Waals surface area contributed by atoms with Crippen LogP contribution < -0.4 is 0 Å². The van der Waals surface area contributed by atoms with E-state index in [1.54, 1.807) is 0 Å². The number of carbonyl (C=O) groups excluding carboxylic acids is 1. The van der Waals surface area contributed by atoms with E-state index in [-0.39, 0.29) is 12.1 Å². The van der Waals surface area contributed by atoms with Gasteiger partial charge in [0.2, 0.25) is 0 Å². The van der Waals surface area contributed by atoms with Gasteiger partial charge in [0, 0.05) is 10.9 Å². The van der Waals surface area contributed by atoms with Crippen molar-refractivity contribution >= 4 is 21.9 Å². The highest BCUT2D eigenvalue weighted by atomic mass is 79.9. The van der Waals surface area contributed by atoms with Gasteiger partial charge in [0.05, 0.1) is 0 Å². The summed E-state index contributed by atoms with van der Waals surface area (Å²) in [5.41, 5.74) is 1.02. The smallest absolute Gasteiger partial charge is 0.306 e. The van der Waals surface area contributed by atoms with Crippen molar-refractivity contribution in [3.05, 3.63) is 34.3 Å². The average Bonchev–Trinajstić information content (AvgIpc) is 2.18. The van der Waals surface area contributed by atoms with Gasteiger partial charge < -0.3 is 4.74 Å². The lowest BCUT2D eigenvalue weighted by Gasteiger charge is -2.13. The van der Waals surface area contributed by atoms with Gasteiger partial charge in [0.15, 0.2) is 0 Å². The normalized spacial score (nSPS) is 12.2. The molecule has 0 aliphatic carbocycles. The van der Waals surface area contributed by atoms with Gasteiger partial charge in [-0.1, -0.05) is 35.0 Å². The molecule has 0 saturated heterocycles. The van der Waals surface area contributed by atoms with Crippen LogP contribution in [0.5, 0.6) is 0 Å². The first kappa shape index (κ1) is 12.2. The maximum Gasteiger partial charge on any atom is 0.306 e. The molecule has 1 aromatic carbocycles. The van der Waals surface area contributed by atoms with E-state index in [4.69, 9.17) is 4.74 Å². The topological polar surface area (TPSA) is 26.3 Å². The predicted molar refractivity (Wildman–Crippen MR) is 63.6 cm³/mol. The van der Waals surface area contributed by atoms with E-state index in [2.05, 4.69) is 15.9 Å². The van der Waals surface area contributed by atoms with Gasteiger partial charge in [-0.25, -0.2) is 0 Å². The second-order valence-corrected chi connectivity index (χ2v) is 4.35. The third kappa shape index (κ3) is 4.04. The first-order valence-corrected chi connectivity index (χ1v) is 5.87. The predicted octanol–water partition coefficient (Wildman–Crippen LogP) is 3.85. The van der Waals surface area contributed by atoms with Gasteiger partial charge in [0.25, 0.3) is 0 Å². The molecule has 15 heavy (non-hydrogen) atoms. The van der Waals surface area contributed by atoms with E-state index in [9.17, 15) is 4.79 Å². The molecule has 3 heteroatoms. The van der Waals surface area contributed by atoms with Gasteiger partial charge in [-0.2, -0.15) is 0 Å². The Hall–Kier alpha value is -0.830. The summed E-state index contributed by atoms with van der Waals surface area (Å²) in [5, 5.41) is 0. The van der Waals surface area contributed by atoms with Crippen LogP contribution in [0.25, 0.3) is 0 Å². The monoisotopic (exact) mass is 270 g/mol. The lowest BCUT2D eigenvalue weighted by atomic mass is 10.1. The Morgan fingerprint density at radius 2 is 2.00 bits per heavy atom. The molecule has 0 aromatic heterocycles. The Labute approximate surface area is 98.8 Å². The van der Waals surface area contributed by atoms with Gasteiger partial charge in [-0.15, -0.1) is 0 Å². The Morgan fingerprint density at radius 1 is 1.40 bits per heavy atom. The summed E-state index contributed by atoms with van der Waals surface area (Å²) in [6.07, 6.45) is 1.14. The minimum atomic E-state index is -0.169. The van der Waals surface area contributed by atoms with E-state index in [1.807, 2.05) is 38.1 Å². The molecule has 0 unspecified atom stereocenters. The highest BCUT2D eigenvalue weighted by Crippen LogP contribution is 2.20. The van der Waals surface area contributed by atoms with E-state index >= 15 is 0 Å². The van der Waals surface area contributed by atoms with Crippen molar-refractivity contribution < 1.29 is 9.53 Å². The van der Waals surface area contributed by atoms with Crippen molar-refractivity contribution in [2.75, 3.05) is 0 Å².